The first-order chi connectivity index (χ1) is 14.0. The third-order valence-corrected chi connectivity index (χ3v) is 4.87. The summed E-state index contributed by atoms with van der Waals surface area (Å²) in [4.78, 5) is 26.0. The molecule has 3 aromatic carbocycles. The van der Waals surface area contributed by atoms with Crippen LogP contribution in [0.4, 0.5) is 5.69 Å². The molecule has 1 N–H and O–H groups in total. The van der Waals surface area contributed by atoms with Crippen LogP contribution in [0.1, 0.15) is 21.5 Å². The first-order valence-corrected chi connectivity index (χ1v) is 9.33. The van der Waals surface area contributed by atoms with E-state index in [0.717, 1.165) is 11.1 Å². The molecule has 3 aromatic rings. The fourth-order valence-electron chi connectivity index (χ4n) is 3.19. The summed E-state index contributed by atoms with van der Waals surface area (Å²) in [6.07, 6.45) is 3.67. The average molecular weight is 402 g/mol. The van der Waals surface area contributed by atoms with E-state index >= 15 is 0 Å². The topological polar surface area (TPSA) is 57.6 Å². The second-order valence-corrected chi connectivity index (χ2v) is 6.98. The van der Waals surface area contributed by atoms with Crippen LogP contribution in [0.5, 0.6) is 0 Å². The maximum Gasteiger partial charge on any atom is 0.335 e. The van der Waals surface area contributed by atoms with E-state index in [4.69, 9.17) is 16.7 Å². The molecule has 0 saturated heterocycles. The van der Waals surface area contributed by atoms with E-state index in [1.54, 1.807) is 29.2 Å². The van der Waals surface area contributed by atoms with Crippen molar-refractivity contribution in [3.8, 4) is 0 Å². The highest BCUT2D eigenvalue weighted by Crippen LogP contribution is 2.35. The van der Waals surface area contributed by atoms with Gasteiger partial charge in [0.15, 0.2) is 0 Å². The molecule has 0 saturated carbocycles. The summed E-state index contributed by atoms with van der Waals surface area (Å²) >= 11 is 6.02. The van der Waals surface area contributed by atoms with E-state index in [1.165, 1.54) is 12.1 Å². The molecule has 1 aliphatic rings. The quantitative estimate of drug-likeness (QED) is 0.586. The Bertz CT molecular complexity index is 1130. The highest BCUT2D eigenvalue weighted by molar-refractivity contribution is 6.30. The Morgan fingerprint density at radius 3 is 2.17 bits per heavy atom. The molecular formula is C24H16ClNO3. The van der Waals surface area contributed by atoms with E-state index in [9.17, 15) is 9.59 Å². The van der Waals surface area contributed by atoms with Crippen LogP contribution in [0.15, 0.2) is 90.5 Å². The molecule has 0 radical (unpaired) electrons. The number of halogens is 1. The maximum absolute atomic E-state index is 13.2. The molecule has 5 heteroatoms. The van der Waals surface area contributed by atoms with Crippen LogP contribution in [-0.4, -0.2) is 17.0 Å². The van der Waals surface area contributed by atoms with Crippen LogP contribution in [0.2, 0.25) is 5.02 Å². The van der Waals surface area contributed by atoms with Gasteiger partial charge in [-0.3, -0.25) is 9.69 Å². The largest absolute Gasteiger partial charge is 0.478 e. The maximum atomic E-state index is 13.2. The van der Waals surface area contributed by atoms with Crippen LogP contribution < -0.4 is 4.90 Å². The van der Waals surface area contributed by atoms with Crippen molar-refractivity contribution < 1.29 is 14.7 Å². The van der Waals surface area contributed by atoms with Gasteiger partial charge in [-0.05, 0) is 59.7 Å². The van der Waals surface area contributed by atoms with Crippen LogP contribution in [0, 0.1) is 0 Å². The first-order valence-electron chi connectivity index (χ1n) is 8.95. The molecule has 29 heavy (non-hydrogen) atoms. The average Bonchev–Trinajstić information content (AvgIpc) is 3.05. The summed E-state index contributed by atoms with van der Waals surface area (Å²) in [5.41, 5.74) is 3.77. The van der Waals surface area contributed by atoms with Gasteiger partial charge < -0.3 is 5.11 Å². The summed E-state index contributed by atoms with van der Waals surface area (Å²) in [5.74, 6) is -1.19. The van der Waals surface area contributed by atoms with Gasteiger partial charge in [-0.25, -0.2) is 4.79 Å². The lowest BCUT2D eigenvalue weighted by Crippen LogP contribution is -2.25. The zero-order valence-corrected chi connectivity index (χ0v) is 16.0. The lowest BCUT2D eigenvalue weighted by Gasteiger charge is -2.21. The third kappa shape index (κ3) is 3.84. The van der Waals surface area contributed by atoms with Gasteiger partial charge in [0.05, 0.1) is 11.3 Å². The van der Waals surface area contributed by atoms with Crippen molar-refractivity contribution in [2.45, 2.75) is 0 Å². The Morgan fingerprint density at radius 2 is 1.55 bits per heavy atom. The number of benzene rings is 3. The Labute approximate surface area is 173 Å². The number of rotatable bonds is 4. The van der Waals surface area contributed by atoms with Gasteiger partial charge in [0.25, 0.3) is 5.91 Å². The van der Waals surface area contributed by atoms with E-state index in [1.807, 2.05) is 54.6 Å². The van der Waals surface area contributed by atoms with Gasteiger partial charge in [-0.15, -0.1) is 0 Å². The normalized spacial score (nSPS) is 14.9. The number of carboxylic acid groups (broad SMARTS) is 1. The molecule has 1 aliphatic heterocycles. The molecule has 4 nitrogen and oxygen atoms in total. The van der Waals surface area contributed by atoms with Crippen LogP contribution in [0.3, 0.4) is 0 Å². The molecule has 142 valence electrons. The standard InChI is InChI=1S/C24H16ClNO3/c25-20-10-6-17(7-11-20)22-15-19(14-16-4-2-1-3-5-16)23(27)26(22)21-12-8-18(9-13-21)24(28)29/h1-15H,(H,28,29)/b19-14+. The summed E-state index contributed by atoms with van der Waals surface area (Å²) < 4.78 is 0. The molecule has 0 aliphatic carbocycles. The van der Waals surface area contributed by atoms with Crippen molar-refractivity contribution in [3.63, 3.8) is 0 Å². The highest BCUT2D eigenvalue weighted by atomic mass is 35.5. The molecule has 1 amide bonds. The Morgan fingerprint density at radius 1 is 0.897 bits per heavy atom. The van der Waals surface area contributed by atoms with Crippen molar-refractivity contribution in [2.75, 3.05) is 4.90 Å². The first kappa shape index (κ1) is 18.7. The zero-order chi connectivity index (χ0) is 20.4. The van der Waals surface area contributed by atoms with Crippen LogP contribution in [0.25, 0.3) is 11.8 Å². The minimum Gasteiger partial charge on any atom is -0.478 e. The number of amides is 1. The molecular weight excluding hydrogens is 386 g/mol. The third-order valence-electron chi connectivity index (χ3n) is 4.62. The Balaban J connectivity index is 1.80. The number of hydrogen-bond acceptors (Lipinski definition) is 2. The minimum atomic E-state index is -1.01. The monoisotopic (exact) mass is 401 g/mol. The molecule has 1 heterocycles. The molecule has 0 bridgehead atoms. The van der Waals surface area contributed by atoms with Crippen molar-refractivity contribution in [3.05, 3.63) is 112 Å². The van der Waals surface area contributed by atoms with Gasteiger partial charge in [0.2, 0.25) is 0 Å². The fourth-order valence-corrected chi connectivity index (χ4v) is 3.31. The predicted molar refractivity (Wildman–Crippen MR) is 115 cm³/mol. The number of carbonyl (C=O) groups is 2. The second kappa shape index (κ2) is 7.78. The number of hydrogen-bond donors (Lipinski definition) is 1. The van der Waals surface area contributed by atoms with Gasteiger partial charge in [0, 0.05) is 16.3 Å². The summed E-state index contributed by atoms with van der Waals surface area (Å²) in [7, 11) is 0. The molecule has 0 aromatic heterocycles. The fraction of sp³-hybridized carbons (Fsp3) is 0. The highest BCUT2D eigenvalue weighted by Gasteiger charge is 2.30. The smallest absolute Gasteiger partial charge is 0.335 e. The number of carbonyl (C=O) groups excluding carboxylic acids is 1. The zero-order valence-electron chi connectivity index (χ0n) is 15.2. The van der Waals surface area contributed by atoms with E-state index in [0.29, 0.717) is 22.0 Å². The lowest BCUT2D eigenvalue weighted by molar-refractivity contribution is -0.113. The summed E-state index contributed by atoms with van der Waals surface area (Å²) in [6, 6.07) is 23.1. The number of carboxylic acids is 1. The predicted octanol–water partition coefficient (Wildman–Crippen LogP) is 5.51. The van der Waals surface area contributed by atoms with Crippen molar-refractivity contribution >= 4 is 40.9 Å². The molecule has 0 spiro atoms. The van der Waals surface area contributed by atoms with E-state index < -0.39 is 5.97 Å². The molecule has 0 atom stereocenters. The number of nitrogens with zero attached hydrogens (tertiary/aromatic N) is 1. The van der Waals surface area contributed by atoms with Crippen molar-refractivity contribution in [1.29, 1.82) is 0 Å². The number of aromatic carboxylic acids is 1. The van der Waals surface area contributed by atoms with Crippen LogP contribution >= 0.6 is 11.6 Å². The van der Waals surface area contributed by atoms with Crippen molar-refractivity contribution in [2.24, 2.45) is 0 Å². The minimum absolute atomic E-state index is 0.164. The van der Waals surface area contributed by atoms with E-state index in [-0.39, 0.29) is 11.5 Å². The van der Waals surface area contributed by atoms with Gasteiger partial charge in [0.1, 0.15) is 0 Å². The molecule has 0 unspecified atom stereocenters. The summed E-state index contributed by atoms with van der Waals surface area (Å²) in [6.45, 7) is 0. The van der Waals surface area contributed by atoms with Gasteiger partial charge in [-0.2, -0.15) is 0 Å². The summed E-state index contributed by atoms with van der Waals surface area (Å²) in [5, 5.41) is 9.75. The lowest BCUT2D eigenvalue weighted by atomic mass is 10.1. The van der Waals surface area contributed by atoms with Crippen molar-refractivity contribution in [1.82, 2.24) is 0 Å². The van der Waals surface area contributed by atoms with E-state index in [2.05, 4.69) is 0 Å². The molecule has 0 fully saturated rings. The Hall–Kier alpha value is -3.63. The van der Waals surface area contributed by atoms with Gasteiger partial charge in [-0.1, -0.05) is 54.1 Å². The SMILES string of the molecule is O=C(O)c1ccc(N2C(=O)/C(=C/c3ccccc3)C=C2c2ccc(Cl)cc2)cc1. The second-order valence-electron chi connectivity index (χ2n) is 6.54. The molecule has 4 rings (SSSR count). The van der Waals surface area contributed by atoms with Crippen LogP contribution in [-0.2, 0) is 4.79 Å². The van der Waals surface area contributed by atoms with Gasteiger partial charge >= 0.3 is 5.97 Å². The Kier molecular flexibility index (Phi) is 5.02. The number of anilines is 1.